The quantitative estimate of drug-likeness (QED) is 0.242. The van der Waals surface area contributed by atoms with Crippen molar-refractivity contribution in [2.45, 2.75) is 45.2 Å². The zero-order valence-corrected chi connectivity index (χ0v) is 19.7. The van der Waals surface area contributed by atoms with E-state index in [9.17, 15) is 19.5 Å². The van der Waals surface area contributed by atoms with Crippen LogP contribution < -0.4 is 11.1 Å². The van der Waals surface area contributed by atoms with Crippen LogP contribution in [0.15, 0.2) is 36.9 Å². The summed E-state index contributed by atoms with van der Waals surface area (Å²) < 4.78 is 0. The number of hydrogen-bond acceptors (Lipinski definition) is 7. The highest BCUT2D eigenvalue weighted by atomic mass is 16.4. The Morgan fingerprint density at radius 3 is 2.57 bits per heavy atom. The molecule has 1 unspecified atom stereocenters. The number of rotatable bonds is 12. The number of benzene rings is 1. The van der Waals surface area contributed by atoms with Gasteiger partial charge in [0.1, 0.15) is 18.0 Å². The lowest BCUT2D eigenvalue weighted by Gasteiger charge is -2.30. The number of aromatic amines is 1. The van der Waals surface area contributed by atoms with E-state index in [1.807, 2.05) is 6.20 Å². The second kappa shape index (κ2) is 11.4. The van der Waals surface area contributed by atoms with Crippen molar-refractivity contribution in [3.05, 3.63) is 53.6 Å². The van der Waals surface area contributed by atoms with Gasteiger partial charge in [-0.25, -0.2) is 14.8 Å². The van der Waals surface area contributed by atoms with Crippen molar-refractivity contribution >= 4 is 34.6 Å². The molecular formula is C24H30N6O5. The first-order valence-corrected chi connectivity index (χ1v) is 11.4. The van der Waals surface area contributed by atoms with Crippen LogP contribution in [-0.4, -0.2) is 67.0 Å². The number of nitrogens with zero attached hydrogens (tertiary/aromatic N) is 3. The topological polar surface area (TPSA) is 175 Å². The molecule has 0 aliphatic rings. The molecule has 1 aromatic carbocycles. The second-order valence-electron chi connectivity index (χ2n) is 8.19. The van der Waals surface area contributed by atoms with Gasteiger partial charge in [-0.15, -0.1) is 0 Å². The summed E-state index contributed by atoms with van der Waals surface area (Å²) in [4.78, 5) is 48.8. The largest absolute Gasteiger partial charge is 0.481 e. The Hall–Kier alpha value is -3.99. The molecule has 0 fully saturated rings. The highest BCUT2D eigenvalue weighted by Gasteiger charge is 2.25. The molecule has 0 aliphatic heterocycles. The summed E-state index contributed by atoms with van der Waals surface area (Å²) >= 11 is 0. The van der Waals surface area contributed by atoms with Crippen LogP contribution in [-0.2, 0) is 16.0 Å². The average molecular weight is 483 g/mol. The molecule has 3 rings (SSSR count). The van der Waals surface area contributed by atoms with E-state index in [-0.39, 0.29) is 30.1 Å². The maximum atomic E-state index is 12.7. The molecule has 2 atom stereocenters. The standard InChI is InChI=1S/C24H30N6O5/c1-3-30(4-2)20(16-12-27-22-17(16)11-26-13-28-22)10-14-5-6-15(18(25)9-14)23(33)29-19(24(34)35)7-8-21(31)32/h5-6,9,11-13,19-20H,3-4,7-8,10,25H2,1-2H3,(H,29,33)(H,31,32)(H,34,35)(H,26,27,28)/t19-,20?/m0/s1. The molecule has 2 heterocycles. The van der Waals surface area contributed by atoms with E-state index in [2.05, 4.69) is 39.0 Å². The number of carboxylic acids is 2. The lowest BCUT2D eigenvalue weighted by atomic mass is 9.96. The monoisotopic (exact) mass is 482 g/mol. The van der Waals surface area contributed by atoms with Crippen molar-refractivity contribution < 1.29 is 24.6 Å². The molecule has 186 valence electrons. The van der Waals surface area contributed by atoms with Gasteiger partial charge in [0, 0.05) is 35.9 Å². The van der Waals surface area contributed by atoms with E-state index in [0.29, 0.717) is 6.42 Å². The number of carboxylic acid groups (broad SMARTS) is 2. The minimum atomic E-state index is -1.33. The lowest BCUT2D eigenvalue weighted by molar-refractivity contribution is -0.140. The van der Waals surface area contributed by atoms with Crippen LogP contribution in [0.25, 0.3) is 11.0 Å². The molecular weight excluding hydrogens is 452 g/mol. The highest BCUT2D eigenvalue weighted by Crippen LogP contribution is 2.31. The molecule has 0 saturated carbocycles. The number of aromatic nitrogens is 3. The summed E-state index contributed by atoms with van der Waals surface area (Å²) in [6, 6.07) is 3.75. The number of fused-ring (bicyclic) bond motifs is 1. The Labute approximate surface area is 202 Å². The van der Waals surface area contributed by atoms with Crippen LogP contribution in [0.2, 0.25) is 0 Å². The van der Waals surface area contributed by atoms with Gasteiger partial charge in [-0.3, -0.25) is 14.5 Å². The number of nitrogens with one attached hydrogen (secondary N) is 2. The minimum Gasteiger partial charge on any atom is -0.481 e. The number of nitrogen functional groups attached to an aromatic ring is 1. The molecule has 3 aromatic rings. The molecule has 35 heavy (non-hydrogen) atoms. The van der Waals surface area contributed by atoms with E-state index in [1.54, 1.807) is 24.4 Å². The summed E-state index contributed by atoms with van der Waals surface area (Å²) in [6.45, 7) is 5.83. The highest BCUT2D eigenvalue weighted by molar-refractivity contribution is 6.01. The molecule has 11 heteroatoms. The number of carbonyl (C=O) groups is 3. The molecule has 1 amide bonds. The Kier molecular flexibility index (Phi) is 8.37. The number of likely N-dealkylation sites (N-methyl/N-ethyl adjacent to an activating group) is 1. The van der Waals surface area contributed by atoms with Crippen molar-refractivity contribution in [2.24, 2.45) is 0 Å². The number of hydrogen-bond donors (Lipinski definition) is 5. The summed E-state index contributed by atoms with van der Waals surface area (Å²) in [5, 5.41) is 21.4. The van der Waals surface area contributed by atoms with E-state index < -0.39 is 23.9 Å². The smallest absolute Gasteiger partial charge is 0.326 e. The summed E-state index contributed by atoms with van der Waals surface area (Å²) in [5.74, 6) is -3.11. The molecule has 2 aromatic heterocycles. The summed E-state index contributed by atoms with van der Waals surface area (Å²) in [6.07, 6.45) is 5.24. The zero-order valence-electron chi connectivity index (χ0n) is 19.7. The third kappa shape index (κ3) is 6.12. The van der Waals surface area contributed by atoms with Crippen LogP contribution in [0.3, 0.4) is 0 Å². The first-order chi connectivity index (χ1) is 16.7. The van der Waals surface area contributed by atoms with Gasteiger partial charge in [0.2, 0.25) is 0 Å². The minimum absolute atomic E-state index is 0.0104. The molecule has 0 aliphatic carbocycles. The molecule has 6 N–H and O–H groups in total. The van der Waals surface area contributed by atoms with Gasteiger partial charge in [-0.2, -0.15) is 0 Å². The van der Waals surface area contributed by atoms with Crippen LogP contribution in [0, 0.1) is 0 Å². The van der Waals surface area contributed by atoms with Gasteiger partial charge in [0.15, 0.2) is 0 Å². The zero-order chi connectivity index (χ0) is 25.5. The number of anilines is 1. The molecule has 0 saturated heterocycles. The maximum Gasteiger partial charge on any atom is 0.326 e. The number of nitrogens with two attached hydrogens (primary N) is 1. The number of amides is 1. The van der Waals surface area contributed by atoms with Crippen molar-refractivity contribution in [1.29, 1.82) is 0 Å². The van der Waals surface area contributed by atoms with Gasteiger partial charge in [0.25, 0.3) is 5.91 Å². The Morgan fingerprint density at radius 1 is 1.20 bits per heavy atom. The van der Waals surface area contributed by atoms with Crippen LogP contribution >= 0.6 is 0 Å². The molecule has 0 radical (unpaired) electrons. The first-order valence-electron chi connectivity index (χ1n) is 11.4. The van der Waals surface area contributed by atoms with Gasteiger partial charge in [-0.1, -0.05) is 19.9 Å². The molecule has 11 nitrogen and oxygen atoms in total. The number of aliphatic carboxylic acids is 2. The van der Waals surface area contributed by atoms with E-state index in [1.165, 1.54) is 6.33 Å². The van der Waals surface area contributed by atoms with Crippen molar-refractivity contribution in [1.82, 2.24) is 25.2 Å². The lowest BCUT2D eigenvalue weighted by Crippen LogP contribution is -2.41. The third-order valence-corrected chi connectivity index (χ3v) is 6.04. The van der Waals surface area contributed by atoms with Gasteiger partial charge in [0.05, 0.1) is 5.56 Å². The average Bonchev–Trinajstić information content (AvgIpc) is 3.25. The maximum absolute atomic E-state index is 12.7. The third-order valence-electron chi connectivity index (χ3n) is 6.04. The van der Waals surface area contributed by atoms with E-state index >= 15 is 0 Å². The fraction of sp³-hybridized carbons (Fsp3) is 0.375. The number of carbonyl (C=O) groups excluding carboxylic acids is 1. The predicted molar refractivity (Wildman–Crippen MR) is 130 cm³/mol. The van der Waals surface area contributed by atoms with E-state index in [0.717, 1.165) is 35.2 Å². The number of H-pyrrole nitrogens is 1. The Balaban J connectivity index is 1.83. The second-order valence-corrected chi connectivity index (χ2v) is 8.19. The molecule has 0 spiro atoms. The predicted octanol–water partition coefficient (Wildman–Crippen LogP) is 2.21. The SMILES string of the molecule is CCN(CC)C(Cc1ccc(C(=O)N[C@@H](CCC(=O)O)C(=O)O)c(N)c1)c1c[nH]c2ncncc12. The summed E-state index contributed by atoms with van der Waals surface area (Å²) in [7, 11) is 0. The molecule has 0 bridgehead atoms. The fourth-order valence-corrected chi connectivity index (χ4v) is 4.19. The normalized spacial score (nSPS) is 13.0. The van der Waals surface area contributed by atoms with Crippen molar-refractivity contribution in [3.8, 4) is 0 Å². The van der Waals surface area contributed by atoms with Gasteiger partial charge >= 0.3 is 11.9 Å². The van der Waals surface area contributed by atoms with Gasteiger partial charge < -0.3 is 26.2 Å². The van der Waals surface area contributed by atoms with Gasteiger partial charge in [-0.05, 0) is 49.2 Å². The van der Waals surface area contributed by atoms with Crippen LogP contribution in [0.4, 0.5) is 5.69 Å². The van der Waals surface area contributed by atoms with Crippen molar-refractivity contribution in [2.75, 3.05) is 18.8 Å². The van der Waals surface area contributed by atoms with E-state index in [4.69, 9.17) is 10.8 Å². The Morgan fingerprint density at radius 2 is 1.94 bits per heavy atom. The van der Waals surface area contributed by atoms with Crippen molar-refractivity contribution in [3.63, 3.8) is 0 Å². The van der Waals surface area contributed by atoms with Crippen LogP contribution in [0.5, 0.6) is 0 Å². The summed E-state index contributed by atoms with van der Waals surface area (Å²) in [5.41, 5.74) is 9.25. The Bertz CT molecular complexity index is 1210. The fourth-order valence-electron chi connectivity index (χ4n) is 4.19. The first kappa shape index (κ1) is 25.6. The van der Waals surface area contributed by atoms with Crippen LogP contribution in [0.1, 0.15) is 54.2 Å².